The molecule has 25 heavy (non-hydrogen) atoms. The summed E-state index contributed by atoms with van der Waals surface area (Å²) in [5, 5.41) is 7.21. The number of anilines is 1. The number of aryl methyl sites for hydroxylation is 2. The Labute approximate surface area is 145 Å². The SMILES string of the molecule is CCC(C(=O)NCc1ccc(F)cc1)N1C(=O)CCn2nc(C)cc21. The number of aromatic nitrogens is 2. The Hall–Kier alpha value is -2.70. The lowest BCUT2D eigenvalue weighted by Crippen LogP contribution is -2.52. The molecule has 0 aliphatic carbocycles. The molecule has 0 saturated heterocycles. The lowest BCUT2D eigenvalue weighted by Gasteiger charge is -2.33. The Morgan fingerprint density at radius 2 is 2.08 bits per heavy atom. The van der Waals surface area contributed by atoms with Gasteiger partial charge in [-0.05, 0) is 31.0 Å². The zero-order valence-corrected chi connectivity index (χ0v) is 14.3. The third-order valence-electron chi connectivity index (χ3n) is 4.31. The van der Waals surface area contributed by atoms with Crippen LogP contribution in [0.4, 0.5) is 10.2 Å². The maximum Gasteiger partial charge on any atom is 0.243 e. The predicted octanol–water partition coefficient (Wildman–Crippen LogP) is 2.16. The number of hydrogen-bond acceptors (Lipinski definition) is 3. The Balaban J connectivity index is 1.75. The van der Waals surface area contributed by atoms with E-state index in [9.17, 15) is 14.0 Å². The van der Waals surface area contributed by atoms with Crippen LogP contribution in [0, 0.1) is 12.7 Å². The second-order valence-corrected chi connectivity index (χ2v) is 6.15. The minimum atomic E-state index is -0.594. The van der Waals surface area contributed by atoms with E-state index in [1.54, 1.807) is 21.7 Å². The number of hydrogen-bond donors (Lipinski definition) is 1. The van der Waals surface area contributed by atoms with Crippen LogP contribution in [-0.4, -0.2) is 27.6 Å². The molecule has 1 aromatic heterocycles. The van der Waals surface area contributed by atoms with Crippen molar-refractivity contribution >= 4 is 17.6 Å². The maximum atomic E-state index is 13.0. The monoisotopic (exact) mass is 344 g/mol. The molecule has 2 amide bonds. The molecule has 2 aromatic rings. The molecule has 1 aliphatic heterocycles. The van der Waals surface area contributed by atoms with Gasteiger partial charge in [0.2, 0.25) is 11.8 Å². The van der Waals surface area contributed by atoms with Crippen LogP contribution >= 0.6 is 0 Å². The van der Waals surface area contributed by atoms with Gasteiger partial charge in [-0.3, -0.25) is 14.5 Å². The molecule has 0 bridgehead atoms. The van der Waals surface area contributed by atoms with Gasteiger partial charge in [-0.15, -0.1) is 0 Å². The molecule has 1 aromatic carbocycles. The van der Waals surface area contributed by atoms with Gasteiger partial charge in [-0.1, -0.05) is 19.1 Å². The van der Waals surface area contributed by atoms with Crippen LogP contribution in [0.25, 0.3) is 0 Å². The van der Waals surface area contributed by atoms with E-state index in [1.807, 2.05) is 19.9 Å². The highest BCUT2D eigenvalue weighted by atomic mass is 19.1. The fourth-order valence-corrected chi connectivity index (χ4v) is 3.07. The van der Waals surface area contributed by atoms with Crippen molar-refractivity contribution in [2.45, 2.75) is 45.8 Å². The van der Waals surface area contributed by atoms with Crippen molar-refractivity contribution in [1.82, 2.24) is 15.1 Å². The Morgan fingerprint density at radius 3 is 2.76 bits per heavy atom. The van der Waals surface area contributed by atoms with Gasteiger partial charge in [0.15, 0.2) is 0 Å². The number of rotatable bonds is 5. The molecule has 7 heteroatoms. The minimum Gasteiger partial charge on any atom is -0.350 e. The van der Waals surface area contributed by atoms with E-state index in [1.165, 1.54) is 12.1 Å². The van der Waals surface area contributed by atoms with Crippen LogP contribution in [0.2, 0.25) is 0 Å². The number of nitrogens with one attached hydrogen (secondary N) is 1. The number of benzene rings is 1. The quantitative estimate of drug-likeness (QED) is 0.904. The molecular formula is C18H21FN4O2. The highest BCUT2D eigenvalue weighted by Gasteiger charge is 2.34. The Kier molecular flexibility index (Phi) is 4.83. The molecule has 0 fully saturated rings. The van der Waals surface area contributed by atoms with Crippen LogP contribution in [0.15, 0.2) is 30.3 Å². The second-order valence-electron chi connectivity index (χ2n) is 6.15. The van der Waals surface area contributed by atoms with Crippen LogP contribution in [0.1, 0.15) is 31.0 Å². The molecule has 1 atom stereocenters. The van der Waals surface area contributed by atoms with Gasteiger partial charge in [0.1, 0.15) is 17.7 Å². The lowest BCUT2D eigenvalue weighted by atomic mass is 10.1. The largest absolute Gasteiger partial charge is 0.350 e. The van der Waals surface area contributed by atoms with Crippen LogP contribution in [0.5, 0.6) is 0 Å². The molecule has 0 spiro atoms. The average Bonchev–Trinajstić information content (AvgIpc) is 2.97. The molecule has 0 radical (unpaired) electrons. The van der Waals surface area contributed by atoms with E-state index in [0.29, 0.717) is 25.2 Å². The van der Waals surface area contributed by atoms with E-state index >= 15 is 0 Å². The molecule has 1 aliphatic rings. The Bertz CT molecular complexity index is 785. The van der Waals surface area contributed by atoms with Gasteiger partial charge in [0.05, 0.1) is 12.2 Å². The molecule has 0 saturated carbocycles. The minimum absolute atomic E-state index is 0.0730. The van der Waals surface area contributed by atoms with Crippen molar-refractivity contribution in [1.29, 1.82) is 0 Å². The van der Waals surface area contributed by atoms with E-state index in [0.717, 1.165) is 11.3 Å². The summed E-state index contributed by atoms with van der Waals surface area (Å²) in [6, 6.07) is 7.19. The highest BCUT2D eigenvalue weighted by Crippen LogP contribution is 2.26. The summed E-state index contributed by atoms with van der Waals surface area (Å²) in [5.74, 6) is 0.0465. The van der Waals surface area contributed by atoms with E-state index < -0.39 is 6.04 Å². The molecule has 3 rings (SSSR count). The van der Waals surface area contributed by atoms with Gasteiger partial charge in [-0.2, -0.15) is 5.10 Å². The molecule has 1 N–H and O–H groups in total. The number of nitrogens with zero attached hydrogens (tertiary/aromatic N) is 3. The van der Waals surface area contributed by atoms with Crippen molar-refractivity contribution < 1.29 is 14.0 Å². The van der Waals surface area contributed by atoms with Crippen LogP contribution < -0.4 is 10.2 Å². The predicted molar refractivity (Wildman–Crippen MR) is 91.4 cm³/mol. The standard InChI is InChI=1S/C18H21FN4O2/c1-3-15(18(25)20-11-13-4-6-14(19)7-5-13)23-16-10-12(2)21-22(16)9-8-17(23)24/h4-7,10,15H,3,8-9,11H2,1-2H3,(H,20,25). The summed E-state index contributed by atoms with van der Waals surface area (Å²) in [5.41, 5.74) is 1.62. The zero-order chi connectivity index (χ0) is 18.0. The zero-order valence-electron chi connectivity index (χ0n) is 14.3. The van der Waals surface area contributed by atoms with Crippen molar-refractivity contribution in [3.8, 4) is 0 Å². The second kappa shape index (κ2) is 7.04. The molecule has 132 valence electrons. The number of halogens is 1. The number of carbonyl (C=O) groups excluding carboxylic acids is 2. The van der Waals surface area contributed by atoms with Crippen molar-refractivity contribution in [3.63, 3.8) is 0 Å². The van der Waals surface area contributed by atoms with E-state index in [-0.39, 0.29) is 24.2 Å². The van der Waals surface area contributed by atoms with Crippen LogP contribution in [-0.2, 0) is 22.7 Å². The first-order chi connectivity index (χ1) is 12.0. The highest BCUT2D eigenvalue weighted by molar-refractivity contribution is 6.00. The number of fused-ring (bicyclic) bond motifs is 1. The van der Waals surface area contributed by atoms with E-state index in [2.05, 4.69) is 10.4 Å². The van der Waals surface area contributed by atoms with E-state index in [4.69, 9.17) is 0 Å². The van der Waals surface area contributed by atoms with Crippen molar-refractivity contribution in [2.75, 3.05) is 4.90 Å². The summed E-state index contributed by atoms with van der Waals surface area (Å²) in [4.78, 5) is 26.7. The summed E-state index contributed by atoms with van der Waals surface area (Å²) in [6.07, 6.45) is 0.821. The maximum absolute atomic E-state index is 13.0. The first-order valence-corrected chi connectivity index (χ1v) is 8.38. The van der Waals surface area contributed by atoms with Gasteiger partial charge < -0.3 is 5.32 Å². The Morgan fingerprint density at radius 1 is 1.36 bits per heavy atom. The van der Waals surface area contributed by atoms with Crippen molar-refractivity contribution in [3.05, 3.63) is 47.4 Å². The molecule has 1 unspecified atom stereocenters. The summed E-state index contributed by atoms with van der Waals surface area (Å²) < 4.78 is 14.7. The summed E-state index contributed by atoms with van der Waals surface area (Å²) >= 11 is 0. The molecular weight excluding hydrogens is 323 g/mol. The number of amides is 2. The fourth-order valence-electron chi connectivity index (χ4n) is 3.07. The fraction of sp³-hybridized carbons (Fsp3) is 0.389. The topological polar surface area (TPSA) is 67.2 Å². The number of carbonyl (C=O) groups is 2. The first kappa shape index (κ1) is 17.1. The summed E-state index contributed by atoms with van der Waals surface area (Å²) in [7, 11) is 0. The first-order valence-electron chi connectivity index (χ1n) is 8.38. The van der Waals surface area contributed by atoms with Gasteiger partial charge in [0, 0.05) is 19.0 Å². The van der Waals surface area contributed by atoms with Gasteiger partial charge in [0.25, 0.3) is 0 Å². The smallest absolute Gasteiger partial charge is 0.243 e. The lowest BCUT2D eigenvalue weighted by molar-refractivity contribution is -0.127. The van der Waals surface area contributed by atoms with Gasteiger partial charge in [-0.25, -0.2) is 9.07 Å². The normalized spacial score (nSPS) is 15.0. The molecule has 6 nitrogen and oxygen atoms in total. The average molecular weight is 344 g/mol. The van der Waals surface area contributed by atoms with Crippen LogP contribution in [0.3, 0.4) is 0 Å². The summed E-state index contributed by atoms with van der Waals surface area (Å²) in [6.45, 7) is 4.56. The van der Waals surface area contributed by atoms with Crippen molar-refractivity contribution in [2.24, 2.45) is 0 Å². The third-order valence-corrected chi connectivity index (χ3v) is 4.31. The third kappa shape index (κ3) is 3.55. The van der Waals surface area contributed by atoms with Gasteiger partial charge >= 0.3 is 0 Å². The molecule has 2 heterocycles.